The van der Waals surface area contributed by atoms with Gasteiger partial charge in [0, 0.05) is 23.1 Å². The van der Waals surface area contributed by atoms with Crippen LogP contribution in [0.2, 0.25) is 0 Å². The van der Waals surface area contributed by atoms with Gasteiger partial charge in [-0.05, 0) is 36.0 Å². The lowest BCUT2D eigenvalue weighted by atomic mass is 10.2. The molecule has 20 heavy (non-hydrogen) atoms. The lowest BCUT2D eigenvalue weighted by molar-refractivity contribution is 0.556. The maximum absolute atomic E-state index is 12.8. The molecule has 5 nitrogen and oxygen atoms in total. The number of nitrogens with zero attached hydrogens (tertiary/aromatic N) is 4. The van der Waals surface area contributed by atoms with Crippen molar-refractivity contribution >= 4 is 11.8 Å². The number of hydrogen-bond acceptors (Lipinski definition) is 5. The summed E-state index contributed by atoms with van der Waals surface area (Å²) in [4.78, 5) is 2.52. The molecule has 0 radical (unpaired) electrons. The second kappa shape index (κ2) is 7.35. The number of nitrogens with one attached hydrogen (secondary N) is 1. The van der Waals surface area contributed by atoms with E-state index in [1.54, 1.807) is 30.9 Å². The number of tetrazole rings is 1. The minimum absolute atomic E-state index is 0.207. The van der Waals surface area contributed by atoms with Crippen LogP contribution in [0.1, 0.15) is 12.7 Å². The normalized spacial score (nSPS) is 12.6. The first-order valence-corrected chi connectivity index (χ1v) is 7.50. The molecule has 0 spiro atoms. The summed E-state index contributed by atoms with van der Waals surface area (Å²) >= 11 is 1.69. The molecule has 0 bridgehead atoms. The van der Waals surface area contributed by atoms with E-state index in [1.807, 2.05) is 0 Å². The molecule has 1 aromatic heterocycles. The molecule has 0 saturated heterocycles. The van der Waals surface area contributed by atoms with E-state index < -0.39 is 0 Å². The lowest BCUT2D eigenvalue weighted by Gasteiger charge is -2.15. The molecule has 0 amide bonds. The van der Waals surface area contributed by atoms with Crippen molar-refractivity contribution < 1.29 is 4.39 Å². The Labute approximate surface area is 122 Å². The van der Waals surface area contributed by atoms with Gasteiger partial charge in [0.2, 0.25) is 0 Å². The first-order chi connectivity index (χ1) is 9.67. The summed E-state index contributed by atoms with van der Waals surface area (Å²) in [5, 5.41) is 15.4. The van der Waals surface area contributed by atoms with Crippen molar-refractivity contribution in [2.75, 3.05) is 12.3 Å². The molecule has 2 rings (SSSR count). The van der Waals surface area contributed by atoms with Crippen LogP contribution in [0.15, 0.2) is 29.2 Å². The Kier molecular flexibility index (Phi) is 5.49. The molecular weight excluding hydrogens is 277 g/mol. The van der Waals surface area contributed by atoms with Crippen LogP contribution in [0, 0.1) is 5.82 Å². The van der Waals surface area contributed by atoms with Crippen molar-refractivity contribution in [1.29, 1.82) is 0 Å². The first kappa shape index (κ1) is 14.9. The molecule has 1 aromatic carbocycles. The van der Waals surface area contributed by atoms with E-state index in [0.717, 1.165) is 29.4 Å². The Morgan fingerprint density at radius 1 is 1.35 bits per heavy atom. The molecule has 0 aliphatic rings. The lowest BCUT2D eigenvalue weighted by Crippen LogP contribution is -2.33. The van der Waals surface area contributed by atoms with Crippen LogP contribution in [0.4, 0.5) is 4.39 Å². The number of thioether (sulfide) groups is 1. The van der Waals surface area contributed by atoms with Gasteiger partial charge in [-0.1, -0.05) is 6.92 Å². The monoisotopic (exact) mass is 295 g/mol. The molecule has 108 valence electrons. The fraction of sp³-hybridized carbons (Fsp3) is 0.462. The summed E-state index contributed by atoms with van der Waals surface area (Å²) in [6.07, 6.45) is 0.732. The number of aryl methyl sites for hydroxylation is 1. The van der Waals surface area contributed by atoms with Gasteiger partial charge in [0.15, 0.2) is 5.82 Å². The van der Waals surface area contributed by atoms with E-state index in [4.69, 9.17) is 0 Å². The molecule has 0 aliphatic carbocycles. The highest BCUT2D eigenvalue weighted by Crippen LogP contribution is 2.19. The van der Waals surface area contributed by atoms with E-state index in [1.165, 1.54) is 16.9 Å². The van der Waals surface area contributed by atoms with Crippen LogP contribution in [0.5, 0.6) is 0 Å². The smallest absolute Gasteiger partial charge is 0.176 e. The molecule has 1 heterocycles. The Hall–Kier alpha value is -1.47. The summed E-state index contributed by atoms with van der Waals surface area (Å²) in [6, 6.07) is 6.82. The van der Waals surface area contributed by atoms with Crippen molar-refractivity contribution in [3.05, 3.63) is 35.9 Å². The maximum Gasteiger partial charge on any atom is 0.176 e. The molecule has 1 unspecified atom stereocenters. The zero-order valence-corrected chi connectivity index (χ0v) is 12.4. The zero-order chi connectivity index (χ0) is 14.4. The number of likely N-dealkylation sites (N-methyl/N-ethyl adjacent to an activating group) is 1. The van der Waals surface area contributed by atoms with Gasteiger partial charge in [-0.2, -0.15) is 4.80 Å². The highest BCUT2D eigenvalue weighted by molar-refractivity contribution is 7.99. The van der Waals surface area contributed by atoms with Gasteiger partial charge in [-0.25, -0.2) is 4.39 Å². The van der Waals surface area contributed by atoms with E-state index in [0.29, 0.717) is 0 Å². The van der Waals surface area contributed by atoms with Crippen LogP contribution in [0.3, 0.4) is 0 Å². The van der Waals surface area contributed by atoms with Gasteiger partial charge in [-0.15, -0.1) is 22.0 Å². The van der Waals surface area contributed by atoms with E-state index in [2.05, 4.69) is 27.7 Å². The van der Waals surface area contributed by atoms with Crippen LogP contribution in [-0.2, 0) is 13.5 Å². The van der Waals surface area contributed by atoms with Gasteiger partial charge in [0.25, 0.3) is 0 Å². The largest absolute Gasteiger partial charge is 0.313 e. The van der Waals surface area contributed by atoms with E-state index in [-0.39, 0.29) is 11.9 Å². The Balaban J connectivity index is 1.90. The predicted octanol–water partition coefficient (Wildman–Crippen LogP) is 1.66. The number of halogens is 1. The quantitative estimate of drug-likeness (QED) is 0.787. The van der Waals surface area contributed by atoms with Crippen LogP contribution in [-0.4, -0.2) is 38.5 Å². The van der Waals surface area contributed by atoms with Gasteiger partial charge >= 0.3 is 0 Å². The second-order valence-corrected chi connectivity index (χ2v) is 5.51. The molecule has 0 aliphatic heterocycles. The average Bonchev–Trinajstić information content (AvgIpc) is 2.83. The standard InChI is InChI=1S/C13H18FN5S/c1-3-15-11(8-13-16-18-19(2)17-13)9-20-12-6-4-10(14)5-7-12/h4-7,11,15H,3,8-9H2,1-2H3. The molecule has 0 fully saturated rings. The fourth-order valence-corrected chi connectivity index (χ4v) is 2.79. The number of benzene rings is 1. The Morgan fingerprint density at radius 3 is 2.70 bits per heavy atom. The highest BCUT2D eigenvalue weighted by Gasteiger charge is 2.12. The molecule has 1 atom stereocenters. The van der Waals surface area contributed by atoms with Crippen molar-refractivity contribution in [2.24, 2.45) is 7.05 Å². The molecule has 0 saturated carbocycles. The Bertz CT molecular complexity index is 528. The Morgan fingerprint density at radius 2 is 2.10 bits per heavy atom. The fourth-order valence-electron chi connectivity index (χ4n) is 1.83. The summed E-state index contributed by atoms with van der Waals surface area (Å²) in [5.41, 5.74) is 0. The number of rotatable bonds is 7. The zero-order valence-electron chi connectivity index (χ0n) is 11.6. The van der Waals surface area contributed by atoms with Crippen molar-refractivity contribution in [3.8, 4) is 0 Å². The minimum Gasteiger partial charge on any atom is -0.313 e. The third-order valence-corrected chi connectivity index (χ3v) is 3.91. The third kappa shape index (κ3) is 4.57. The molecular formula is C13H18FN5S. The van der Waals surface area contributed by atoms with Crippen molar-refractivity contribution in [1.82, 2.24) is 25.5 Å². The molecule has 2 aromatic rings. The van der Waals surface area contributed by atoms with Crippen LogP contribution in [0.25, 0.3) is 0 Å². The van der Waals surface area contributed by atoms with Gasteiger partial charge < -0.3 is 5.32 Å². The van der Waals surface area contributed by atoms with E-state index >= 15 is 0 Å². The van der Waals surface area contributed by atoms with Crippen molar-refractivity contribution in [3.63, 3.8) is 0 Å². The SMILES string of the molecule is CCNC(CSc1ccc(F)cc1)Cc1nnn(C)n1. The highest BCUT2D eigenvalue weighted by atomic mass is 32.2. The van der Waals surface area contributed by atoms with Crippen molar-refractivity contribution in [2.45, 2.75) is 24.3 Å². The second-order valence-electron chi connectivity index (χ2n) is 4.42. The predicted molar refractivity (Wildman–Crippen MR) is 77.1 cm³/mol. The molecule has 1 N–H and O–H groups in total. The van der Waals surface area contributed by atoms with Gasteiger partial charge in [-0.3, -0.25) is 0 Å². The number of hydrogen-bond donors (Lipinski definition) is 1. The van der Waals surface area contributed by atoms with Gasteiger partial charge in [0.05, 0.1) is 7.05 Å². The van der Waals surface area contributed by atoms with Gasteiger partial charge in [0.1, 0.15) is 5.82 Å². The first-order valence-electron chi connectivity index (χ1n) is 6.52. The summed E-state index contributed by atoms with van der Waals surface area (Å²) in [6.45, 7) is 2.95. The van der Waals surface area contributed by atoms with Crippen LogP contribution < -0.4 is 5.32 Å². The number of aromatic nitrogens is 4. The minimum atomic E-state index is -0.207. The topological polar surface area (TPSA) is 55.6 Å². The summed E-state index contributed by atoms with van der Waals surface area (Å²) in [7, 11) is 1.76. The van der Waals surface area contributed by atoms with E-state index in [9.17, 15) is 4.39 Å². The third-order valence-electron chi connectivity index (χ3n) is 2.74. The summed E-state index contributed by atoms with van der Waals surface area (Å²) < 4.78 is 12.8. The van der Waals surface area contributed by atoms with Crippen LogP contribution >= 0.6 is 11.8 Å². The molecule has 7 heteroatoms. The summed E-state index contributed by atoms with van der Waals surface area (Å²) in [5.74, 6) is 1.40. The average molecular weight is 295 g/mol. The maximum atomic E-state index is 12.8.